The van der Waals surface area contributed by atoms with Gasteiger partial charge < -0.3 is 14.8 Å². The Morgan fingerprint density at radius 2 is 2.35 bits per heavy atom. The summed E-state index contributed by atoms with van der Waals surface area (Å²) in [6.07, 6.45) is 4.83. The van der Waals surface area contributed by atoms with E-state index < -0.39 is 5.97 Å². The predicted molar refractivity (Wildman–Crippen MR) is 60.3 cm³/mol. The Labute approximate surface area is 98.8 Å². The molecule has 5 nitrogen and oxygen atoms in total. The van der Waals surface area contributed by atoms with Gasteiger partial charge in [0.1, 0.15) is 5.69 Å². The van der Waals surface area contributed by atoms with Crippen molar-refractivity contribution in [3.63, 3.8) is 0 Å². The van der Waals surface area contributed by atoms with Crippen molar-refractivity contribution in [1.29, 1.82) is 0 Å². The van der Waals surface area contributed by atoms with E-state index in [0.29, 0.717) is 18.4 Å². The molecule has 0 aliphatic carbocycles. The Balaban J connectivity index is 1.87. The van der Waals surface area contributed by atoms with E-state index in [1.807, 2.05) is 0 Å². The predicted octanol–water partition coefficient (Wildman–Crippen LogP) is 1.85. The van der Waals surface area contributed by atoms with E-state index in [-0.39, 0.29) is 17.6 Å². The van der Waals surface area contributed by atoms with Gasteiger partial charge in [-0.15, -0.1) is 0 Å². The fourth-order valence-corrected chi connectivity index (χ4v) is 1.99. The number of carboxylic acids is 1. The summed E-state index contributed by atoms with van der Waals surface area (Å²) in [5.41, 5.74) is 0.478. The molecule has 1 unspecified atom stereocenters. The summed E-state index contributed by atoms with van der Waals surface area (Å²) < 4.78 is 5.43. The van der Waals surface area contributed by atoms with E-state index >= 15 is 0 Å². The molecule has 0 amide bonds. The van der Waals surface area contributed by atoms with Gasteiger partial charge in [-0.25, -0.2) is 4.79 Å². The number of hydrogen-bond donors (Lipinski definition) is 2. The number of Topliss-reactive ketones (excluding diaryl/α,β-unsaturated/α-hetero) is 1. The van der Waals surface area contributed by atoms with Crippen molar-refractivity contribution in [2.45, 2.75) is 31.8 Å². The lowest BCUT2D eigenvalue weighted by Crippen LogP contribution is -2.08. The summed E-state index contributed by atoms with van der Waals surface area (Å²) in [5.74, 6) is -1.09. The third-order valence-electron chi connectivity index (χ3n) is 2.95. The Morgan fingerprint density at radius 1 is 1.53 bits per heavy atom. The van der Waals surface area contributed by atoms with Crippen LogP contribution in [0.25, 0.3) is 0 Å². The fraction of sp³-hybridized carbons (Fsp3) is 0.500. The minimum atomic E-state index is -1.05. The van der Waals surface area contributed by atoms with Gasteiger partial charge in [0.05, 0.1) is 6.10 Å². The maximum Gasteiger partial charge on any atom is 0.352 e. The van der Waals surface area contributed by atoms with Crippen molar-refractivity contribution in [1.82, 2.24) is 4.98 Å². The van der Waals surface area contributed by atoms with Gasteiger partial charge in [0.15, 0.2) is 5.78 Å². The van der Waals surface area contributed by atoms with E-state index in [1.54, 1.807) is 0 Å². The maximum atomic E-state index is 11.8. The molecule has 0 spiro atoms. The van der Waals surface area contributed by atoms with Crippen LogP contribution in [-0.2, 0) is 4.74 Å². The largest absolute Gasteiger partial charge is 0.477 e. The number of ether oxygens (including phenoxy) is 1. The third kappa shape index (κ3) is 2.94. The zero-order chi connectivity index (χ0) is 12.3. The Kier molecular flexibility index (Phi) is 3.58. The van der Waals surface area contributed by atoms with Crippen LogP contribution in [0.4, 0.5) is 0 Å². The van der Waals surface area contributed by atoms with Gasteiger partial charge in [-0.05, 0) is 25.3 Å². The first-order valence-corrected chi connectivity index (χ1v) is 5.73. The van der Waals surface area contributed by atoms with Crippen LogP contribution >= 0.6 is 0 Å². The molecule has 1 saturated heterocycles. The van der Waals surface area contributed by atoms with Gasteiger partial charge in [-0.2, -0.15) is 0 Å². The summed E-state index contributed by atoms with van der Waals surface area (Å²) in [4.78, 5) is 25.0. The normalized spacial score (nSPS) is 19.4. The Hall–Kier alpha value is -1.62. The molecular formula is C12H15NO4. The van der Waals surface area contributed by atoms with Crippen LogP contribution in [0.15, 0.2) is 12.3 Å². The highest BCUT2D eigenvalue weighted by Crippen LogP contribution is 2.18. The molecule has 1 aromatic rings. The van der Waals surface area contributed by atoms with Gasteiger partial charge in [-0.1, -0.05) is 0 Å². The molecule has 1 aromatic heterocycles. The molecule has 1 aliphatic heterocycles. The fourth-order valence-electron chi connectivity index (χ4n) is 1.99. The van der Waals surface area contributed by atoms with E-state index in [2.05, 4.69) is 4.98 Å². The summed E-state index contributed by atoms with van der Waals surface area (Å²) in [6.45, 7) is 0.784. The summed E-state index contributed by atoms with van der Waals surface area (Å²) in [6, 6.07) is 1.38. The zero-order valence-corrected chi connectivity index (χ0v) is 9.44. The van der Waals surface area contributed by atoms with Crippen LogP contribution < -0.4 is 0 Å². The molecule has 0 aromatic carbocycles. The van der Waals surface area contributed by atoms with Crippen LogP contribution in [0.2, 0.25) is 0 Å². The zero-order valence-electron chi connectivity index (χ0n) is 9.44. The average Bonchev–Trinajstić information content (AvgIpc) is 2.96. The highest BCUT2D eigenvalue weighted by atomic mass is 16.5. The Bertz CT molecular complexity index is 418. The van der Waals surface area contributed by atoms with E-state index in [1.165, 1.54) is 12.3 Å². The first-order chi connectivity index (χ1) is 8.16. The van der Waals surface area contributed by atoms with Gasteiger partial charge >= 0.3 is 5.97 Å². The number of rotatable bonds is 5. The number of H-pyrrole nitrogens is 1. The first kappa shape index (κ1) is 11.9. The quantitative estimate of drug-likeness (QED) is 0.766. The molecule has 2 rings (SSSR count). The minimum Gasteiger partial charge on any atom is -0.477 e. The number of carbonyl (C=O) groups is 2. The lowest BCUT2D eigenvalue weighted by atomic mass is 10.1. The van der Waals surface area contributed by atoms with Crippen LogP contribution in [-0.4, -0.2) is 34.6 Å². The first-order valence-electron chi connectivity index (χ1n) is 5.73. The summed E-state index contributed by atoms with van der Waals surface area (Å²) >= 11 is 0. The van der Waals surface area contributed by atoms with Crippen molar-refractivity contribution < 1.29 is 19.4 Å². The number of carboxylic acid groups (broad SMARTS) is 1. The Morgan fingerprint density at radius 3 is 2.94 bits per heavy atom. The molecule has 92 valence electrons. The SMILES string of the molecule is O=C(CCC1CCCO1)c1c[nH]c(C(=O)O)c1. The van der Waals surface area contributed by atoms with Crippen LogP contribution in [0.3, 0.4) is 0 Å². The average molecular weight is 237 g/mol. The molecular weight excluding hydrogens is 222 g/mol. The van der Waals surface area contributed by atoms with Crippen molar-refractivity contribution in [3.05, 3.63) is 23.5 Å². The summed E-state index contributed by atoms with van der Waals surface area (Å²) in [5, 5.41) is 8.72. The maximum absolute atomic E-state index is 11.8. The van der Waals surface area contributed by atoms with Crippen molar-refractivity contribution in [3.8, 4) is 0 Å². The van der Waals surface area contributed by atoms with E-state index in [4.69, 9.17) is 9.84 Å². The molecule has 1 fully saturated rings. The van der Waals surface area contributed by atoms with E-state index in [9.17, 15) is 9.59 Å². The topological polar surface area (TPSA) is 79.4 Å². The monoisotopic (exact) mass is 237 g/mol. The lowest BCUT2D eigenvalue weighted by Gasteiger charge is -2.07. The minimum absolute atomic E-state index is 0.0377. The molecule has 0 saturated carbocycles. The molecule has 17 heavy (non-hydrogen) atoms. The summed E-state index contributed by atoms with van der Waals surface area (Å²) in [7, 11) is 0. The third-order valence-corrected chi connectivity index (χ3v) is 2.95. The number of ketones is 1. The molecule has 2 N–H and O–H groups in total. The molecule has 0 radical (unpaired) electrons. The number of aromatic amines is 1. The second kappa shape index (κ2) is 5.14. The second-order valence-electron chi connectivity index (χ2n) is 4.20. The number of hydrogen-bond acceptors (Lipinski definition) is 3. The molecule has 5 heteroatoms. The molecule has 2 heterocycles. The van der Waals surface area contributed by atoms with Crippen molar-refractivity contribution >= 4 is 11.8 Å². The van der Waals surface area contributed by atoms with Crippen LogP contribution in [0.1, 0.15) is 46.5 Å². The number of nitrogens with one attached hydrogen (secondary N) is 1. The van der Waals surface area contributed by atoms with Gasteiger partial charge in [0.25, 0.3) is 0 Å². The second-order valence-corrected chi connectivity index (χ2v) is 4.20. The van der Waals surface area contributed by atoms with Crippen LogP contribution in [0, 0.1) is 0 Å². The number of carbonyl (C=O) groups excluding carboxylic acids is 1. The van der Waals surface area contributed by atoms with Crippen molar-refractivity contribution in [2.24, 2.45) is 0 Å². The molecule has 0 bridgehead atoms. The van der Waals surface area contributed by atoms with Gasteiger partial charge in [-0.3, -0.25) is 4.79 Å². The smallest absolute Gasteiger partial charge is 0.352 e. The number of aromatic nitrogens is 1. The lowest BCUT2D eigenvalue weighted by molar-refractivity contribution is 0.0691. The van der Waals surface area contributed by atoms with Gasteiger partial charge in [0.2, 0.25) is 0 Å². The van der Waals surface area contributed by atoms with Gasteiger partial charge in [0, 0.05) is 24.8 Å². The van der Waals surface area contributed by atoms with E-state index in [0.717, 1.165) is 19.4 Å². The highest BCUT2D eigenvalue weighted by molar-refractivity contribution is 5.98. The molecule has 1 aliphatic rings. The highest BCUT2D eigenvalue weighted by Gasteiger charge is 2.18. The van der Waals surface area contributed by atoms with Crippen molar-refractivity contribution in [2.75, 3.05) is 6.61 Å². The standard InChI is InChI=1S/C12H15NO4/c14-11(4-3-9-2-1-5-17-9)8-6-10(12(15)16)13-7-8/h6-7,9,13H,1-5H2,(H,15,16). The molecule has 1 atom stereocenters. The number of aromatic carboxylic acids is 1. The van der Waals surface area contributed by atoms with Crippen LogP contribution in [0.5, 0.6) is 0 Å².